The molecule has 0 aliphatic carbocycles. The lowest BCUT2D eigenvalue weighted by Crippen LogP contribution is -2.15. The Kier molecular flexibility index (Phi) is 6.12. The van der Waals surface area contributed by atoms with Crippen LogP contribution in [-0.4, -0.2) is 18.2 Å². The van der Waals surface area contributed by atoms with E-state index >= 15 is 0 Å². The van der Waals surface area contributed by atoms with Gasteiger partial charge in [0.25, 0.3) is 0 Å². The van der Waals surface area contributed by atoms with Gasteiger partial charge in [-0.1, -0.05) is 60.1 Å². The molecule has 0 spiro atoms. The van der Waals surface area contributed by atoms with Gasteiger partial charge in [-0.2, -0.15) is 0 Å². The van der Waals surface area contributed by atoms with Crippen LogP contribution in [0.15, 0.2) is 72.8 Å². The molecule has 138 valence electrons. The minimum atomic E-state index is -1.03. The molecule has 0 saturated carbocycles. The lowest BCUT2D eigenvalue weighted by molar-refractivity contribution is -0.151. The quantitative estimate of drug-likeness (QED) is 0.597. The standard InChI is InChI=1S/C22H19ClO4/c1-26-20-11-10-15(12-19(20)17-8-5-9-18(23)13-17)14-27-21(22(24)25)16-6-3-2-4-7-16/h2-13,21H,14H2,1H3,(H,24,25). The lowest BCUT2D eigenvalue weighted by Gasteiger charge is -2.16. The van der Waals surface area contributed by atoms with E-state index in [1.807, 2.05) is 48.5 Å². The van der Waals surface area contributed by atoms with E-state index in [2.05, 4.69) is 0 Å². The highest BCUT2D eigenvalue weighted by molar-refractivity contribution is 6.30. The summed E-state index contributed by atoms with van der Waals surface area (Å²) in [5, 5.41) is 10.1. The van der Waals surface area contributed by atoms with Gasteiger partial charge in [-0.15, -0.1) is 0 Å². The molecule has 0 heterocycles. The Morgan fingerprint density at radius 3 is 2.48 bits per heavy atom. The summed E-state index contributed by atoms with van der Waals surface area (Å²) in [5.41, 5.74) is 3.23. The molecular weight excluding hydrogens is 364 g/mol. The van der Waals surface area contributed by atoms with Crippen molar-refractivity contribution in [3.8, 4) is 16.9 Å². The summed E-state index contributed by atoms with van der Waals surface area (Å²) in [7, 11) is 1.61. The van der Waals surface area contributed by atoms with Crippen LogP contribution >= 0.6 is 11.6 Å². The zero-order valence-corrected chi connectivity index (χ0v) is 15.5. The third-order valence-electron chi connectivity index (χ3n) is 4.14. The summed E-state index contributed by atoms with van der Waals surface area (Å²) in [6.07, 6.45) is -1.03. The third kappa shape index (κ3) is 4.67. The van der Waals surface area contributed by atoms with E-state index in [0.717, 1.165) is 16.7 Å². The summed E-state index contributed by atoms with van der Waals surface area (Å²) in [4.78, 5) is 11.6. The topological polar surface area (TPSA) is 55.8 Å². The Hall–Kier alpha value is -2.82. The van der Waals surface area contributed by atoms with Gasteiger partial charge in [0.05, 0.1) is 13.7 Å². The number of halogens is 1. The van der Waals surface area contributed by atoms with Crippen LogP contribution in [0.2, 0.25) is 5.02 Å². The zero-order chi connectivity index (χ0) is 19.2. The second kappa shape index (κ2) is 8.71. The van der Waals surface area contributed by atoms with Gasteiger partial charge in [0.2, 0.25) is 0 Å². The fourth-order valence-electron chi connectivity index (χ4n) is 2.84. The van der Waals surface area contributed by atoms with Crippen LogP contribution in [-0.2, 0) is 16.1 Å². The SMILES string of the molecule is COc1ccc(COC(C(=O)O)c2ccccc2)cc1-c1cccc(Cl)c1. The second-order valence-electron chi connectivity index (χ2n) is 5.98. The third-order valence-corrected chi connectivity index (χ3v) is 4.38. The van der Waals surface area contributed by atoms with Gasteiger partial charge >= 0.3 is 5.97 Å². The number of carboxylic acid groups (broad SMARTS) is 1. The van der Waals surface area contributed by atoms with E-state index in [9.17, 15) is 9.90 Å². The molecule has 1 atom stereocenters. The predicted octanol–water partition coefficient (Wildman–Crippen LogP) is 5.36. The smallest absolute Gasteiger partial charge is 0.337 e. The molecule has 27 heavy (non-hydrogen) atoms. The molecule has 3 aromatic rings. The normalized spacial score (nSPS) is 11.8. The van der Waals surface area contributed by atoms with E-state index in [1.54, 1.807) is 31.4 Å². The first kappa shape index (κ1) is 19.0. The summed E-state index contributed by atoms with van der Waals surface area (Å²) in [6, 6.07) is 22.0. The first-order valence-electron chi connectivity index (χ1n) is 8.40. The van der Waals surface area contributed by atoms with Gasteiger partial charge in [-0.05, 0) is 41.0 Å². The van der Waals surface area contributed by atoms with Crippen LogP contribution in [0.5, 0.6) is 5.75 Å². The van der Waals surface area contributed by atoms with Crippen molar-refractivity contribution in [1.82, 2.24) is 0 Å². The minimum Gasteiger partial charge on any atom is -0.496 e. The molecule has 4 nitrogen and oxygen atoms in total. The number of carboxylic acids is 1. The maximum Gasteiger partial charge on any atom is 0.337 e. The van der Waals surface area contributed by atoms with E-state index in [-0.39, 0.29) is 6.61 Å². The number of carbonyl (C=O) groups is 1. The van der Waals surface area contributed by atoms with Crippen molar-refractivity contribution in [2.24, 2.45) is 0 Å². The van der Waals surface area contributed by atoms with Crippen LogP contribution < -0.4 is 4.74 Å². The van der Waals surface area contributed by atoms with Crippen molar-refractivity contribution >= 4 is 17.6 Å². The maximum atomic E-state index is 11.6. The first-order valence-corrected chi connectivity index (χ1v) is 8.78. The molecule has 0 aliphatic heterocycles. The number of rotatable bonds is 7. The van der Waals surface area contributed by atoms with Crippen LogP contribution in [0.1, 0.15) is 17.2 Å². The van der Waals surface area contributed by atoms with E-state index in [0.29, 0.717) is 16.3 Å². The van der Waals surface area contributed by atoms with Gasteiger partial charge in [0, 0.05) is 10.6 Å². The molecule has 0 radical (unpaired) electrons. The molecule has 0 fully saturated rings. The van der Waals surface area contributed by atoms with E-state index in [4.69, 9.17) is 21.1 Å². The Bertz CT molecular complexity index is 925. The van der Waals surface area contributed by atoms with Gasteiger partial charge in [-0.25, -0.2) is 4.79 Å². The minimum absolute atomic E-state index is 0.156. The second-order valence-corrected chi connectivity index (χ2v) is 6.42. The monoisotopic (exact) mass is 382 g/mol. The predicted molar refractivity (Wildman–Crippen MR) is 105 cm³/mol. The van der Waals surface area contributed by atoms with Crippen molar-refractivity contribution in [2.45, 2.75) is 12.7 Å². The number of aliphatic carboxylic acids is 1. The van der Waals surface area contributed by atoms with Crippen molar-refractivity contribution in [2.75, 3.05) is 7.11 Å². The molecule has 3 rings (SSSR count). The number of methoxy groups -OCH3 is 1. The number of hydrogen-bond donors (Lipinski definition) is 1. The van der Waals surface area contributed by atoms with E-state index in [1.165, 1.54) is 0 Å². The van der Waals surface area contributed by atoms with E-state index < -0.39 is 12.1 Å². The van der Waals surface area contributed by atoms with Crippen molar-refractivity contribution < 1.29 is 19.4 Å². The Labute approximate surface area is 162 Å². The van der Waals surface area contributed by atoms with Crippen LogP contribution in [0, 0.1) is 0 Å². The molecule has 0 bridgehead atoms. The Morgan fingerprint density at radius 1 is 1.04 bits per heavy atom. The van der Waals surface area contributed by atoms with Gasteiger partial charge in [-0.3, -0.25) is 0 Å². The largest absolute Gasteiger partial charge is 0.496 e. The fraction of sp³-hybridized carbons (Fsp3) is 0.136. The van der Waals surface area contributed by atoms with Crippen molar-refractivity contribution in [1.29, 1.82) is 0 Å². The molecule has 0 amide bonds. The molecule has 5 heteroatoms. The molecule has 1 unspecified atom stereocenters. The molecule has 3 aromatic carbocycles. The summed E-state index contributed by atoms with van der Waals surface area (Å²) in [5.74, 6) is -0.316. The highest BCUT2D eigenvalue weighted by Crippen LogP contribution is 2.33. The average Bonchev–Trinajstić information content (AvgIpc) is 2.68. The molecule has 1 N–H and O–H groups in total. The number of ether oxygens (including phenoxy) is 2. The first-order chi connectivity index (χ1) is 13.1. The lowest BCUT2D eigenvalue weighted by atomic mass is 10.0. The van der Waals surface area contributed by atoms with Crippen LogP contribution in [0.3, 0.4) is 0 Å². The van der Waals surface area contributed by atoms with Gasteiger partial charge < -0.3 is 14.6 Å². The highest BCUT2D eigenvalue weighted by atomic mass is 35.5. The van der Waals surface area contributed by atoms with Gasteiger partial charge in [0.15, 0.2) is 6.10 Å². The Morgan fingerprint density at radius 2 is 1.81 bits per heavy atom. The number of hydrogen-bond acceptors (Lipinski definition) is 3. The van der Waals surface area contributed by atoms with Crippen molar-refractivity contribution in [3.63, 3.8) is 0 Å². The summed E-state index contributed by atoms with van der Waals surface area (Å²) >= 11 is 6.10. The summed E-state index contributed by atoms with van der Waals surface area (Å²) < 4.78 is 11.1. The molecule has 0 aromatic heterocycles. The zero-order valence-electron chi connectivity index (χ0n) is 14.8. The highest BCUT2D eigenvalue weighted by Gasteiger charge is 2.20. The van der Waals surface area contributed by atoms with Crippen LogP contribution in [0.25, 0.3) is 11.1 Å². The van der Waals surface area contributed by atoms with Gasteiger partial charge in [0.1, 0.15) is 5.75 Å². The molecule has 0 saturated heterocycles. The van der Waals surface area contributed by atoms with Crippen molar-refractivity contribution in [3.05, 3.63) is 88.9 Å². The Balaban J connectivity index is 1.85. The van der Waals surface area contributed by atoms with Crippen LogP contribution in [0.4, 0.5) is 0 Å². The molecule has 0 aliphatic rings. The summed E-state index contributed by atoms with van der Waals surface area (Å²) in [6.45, 7) is 0.156. The maximum absolute atomic E-state index is 11.6. The fourth-order valence-corrected chi connectivity index (χ4v) is 3.03. The number of benzene rings is 3. The molecular formula is C22H19ClO4. The average molecular weight is 383 g/mol.